The van der Waals surface area contributed by atoms with Gasteiger partial charge in [-0.15, -0.1) is 0 Å². The van der Waals surface area contributed by atoms with Gasteiger partial charge in [0.2, 0.25) is 5.91 Å². The molecule has 3 amide bonds. The van der Waals surface area contributed by atoms with E-state index in [0.717, 1.165) is 16.7 Å². The molecule has 0 spiro atoms. The fraction of sp³-hybridized carbons (Fsp3) is 0.316. The van der Waals surface area contributed by atoms with Crippen molar-refractivity contribution in [2.45, 2.75) is 19.4 Å². The van der Waals surface area contributed by atoms with Crippen LogP contribution in [-0.2, 0) is 4.79 Å². The highest BCUT2D eigenvalue weighted by atomic mass is 16.2. The quantitative estimate of drug-likeness (QED) is 0.902. The summed E-state index contributed by atoms with van der Waals surface area (Å²) in [6, 6.07) is 11.8. The number of carbonyl (C=O) groups is 2. The highest BCUT2D eigenvalue weighted by Gasteiger charge is 2.20. The molecule has 1 aromatic carbocycles. The number of nitrogens with one attached hydrogen (secondary N) is 2. The first kappa shape index (κ1) is 17.0. The third-order valence-corrected chi connectivity index (χ3v) is 4.36. The molecule has 0 aliphatic carbocycles. The van der Waals surface area contributed by atoms with Crippen LogP contribution in [-0.4, -0.2) is 41.5 Å². The average Bonchev–Trinajstić information content (AvgIpc) is 2.87. The van der Waals surface area contributed by atoms with Crippen molar-refractivity contribution >= 4 is 11.9 Å². The second-order valence-corrected chi connectivity index (χ2v) is 6.12. The second-order valence-electron chi connectivity index (χ2n) is 6.12. The Bertz CT molecular complexity index is 731. The lowest BCUT2D eigenvalue weighted by atomic mass is 10.0. The first-order valence-electron chi connectivity index (χ1n) is 8.46. The van der Waals surface area contributed by atoms with Crippen molar-refractivity contribution in [2.24, 2.45) is 0 Å². The van der Waals surface area contributed by atoms with Gasteiger partial charge in [-0.1, -0.05) is 24.3 Å². The Balaban J connectivity index is 1.62. The van der Waals surface area contributed by atoms with E-state index < -0.39 is 0 Å². The van der Waals surface area contributed by atoms with Crippen molar-refractivity contribution in [2.75, 3.05) is 19.6 Å². The lowest BCUT2D eigenvalue weighted by molar-refractivity contribution is -0.120. The Kier molecular flexibility index (Phi) is 5.28. The van der Waals surface area contributed by atoms with Crippen molar-refractivity contribution < 1.29 is 9.59 Å². The molecule has 0 radical (unpaired) electrons. The molecule has 1 fully saturated rings. The van der Waals surface area contributed by atoms with Crippen LogP contribution in [0.4, 0.5) is 4.79 Å². The van der Waals surface area contributed by atoms with Crippen LogP contribution in [0.1, 0.15) is 24.9 Å². The Morgan fingerprint density at radius 3 is 2.52 bits per heavy atom. The van der Waals surface area contributed by atoms with Crippen LogP contribution >= 0.6 is 0 Å². The minimum atomic E-state index is -0.137. The molecule has 130 valence electrons. The molecule has 25 heavy (non-hydrogen) atoms. The van der Waals surface area contributed by atoms with Crippen LogP contribution < -0.4 is 10.6 Å². The van der Waals surface area contributed by atoms with E-state index in [1.807, 2.05) is 43.3 Å². The van der Waals surface area contributed by atoms with Gasteiger partial charge in [0.05, 0.1) is 6.04 Å². The van der Waals surface area contributed by atoms with Crippen LogP contribution in [0, 0.1) is 0 Å². The van der Waals surface area contributed by atoms with Gasteiger partial charge in [0, 0.05) is 38.4 Å². The molecule has 6 heteroatoms. The summed E-state index contributed by atoms with van der Waals surface area (Å²) in [4.78, 5) is 29.5. The Hall–Kier alpha value is -2.89. The van der Waals surface area contributed by atoms with Crippen LogP contribution in [0.2, 0.25) is 0 Å². The SMILES string of the molecule is CC(NC(=O)N1CCNC(=O)CC1)c1ccc(-c2ccncc2)cc1. The molecule has 2 N–H and O–H groups in total. The number of nitrogens with zero attached hydrogens (tertiary/aromatic N) is 2. The molecule has 2 heterocycles. The summed E-state index contributed by atoms with van der Waals surface area (Å²) in [7, 11) is 0. The number of carbonyl (C=O) groups excluding carboxylic acids is 2. The number of hydrogen-bond acceptors (Lipinski definition) is 3. The second kappa shape index (κ2) is 7.79. The number of aromatic nitrogens is 1. The maximum Gasteiger partial charge on any atom is 0.317 e. The Labute approximate surface area is 147 Å². The molecule has 1 aromatic heterocycles. The summed E-state index contributed by atoms with van der Waals surface area (Å²) in [5.74, 6) is -0.00458. The number of rotatable bonds is 3. The third-order valence-electron chi connectivity index (χ3n) is 4.36. The van der Waals surface area contributed by atoms with Gasteiger partial charge in [0.1, 0.15) is 0 Å². The zero-order valence-electron chi connectivity index (χ0n) is 14.2. The molecular weight excluding hydrogens is 316 g/mol. The van der Waals surface area contributed by atoms with E-state index in [1.54, 1.807) is 17.3 Å². The fourth-order valence-electron chi connectivity index (χ4n) is 2.84. The Morgan fingerprint density at radius 2 is 1.80 bits per heavy atom. The van der Waals surface area contributed by atoms with Gasteiger partial charge in [-0.05, 0) is 35.7 Å². The van der Waals surface area contributed by atoms with E-state index in [9.17, 15) is 9.59 Å². The maximum absolute atomic E-state index is 12.4. The standard InChI is InChI=1S/C19H22N4O2/c1-14(22-19(25)23-12-8-18(24)21-11-13-23)15-2-4-16(5-3-15)17-6-9-20-10-7-17/h2-7,9-10,14H,8,11-13H2,1H3,(H,21,24)(H,22,25). The average molecular weight is 338 g/mol. The van der Waals surface area contributed by atoms with E-state index in [0.29, 0.717) is 26.1 Å². The smallest absolute Gasteiger partial charge is 0.317 e. The molecule has 1 aliphatic rings. The zero-order chi connectivity index (χ0) is 17.6. The van der Waals surface area contributed by atoms with Gasteiger partial charge in [-0.25, -0.2) is 4.79 Å². The highest BCUT2D eigenvalue weighted by Crippen LogP contribution is 2.21. The Morgan fingerprint density at radius 1 is 1.12 bits per heavy atom. The largest absolute Gasteiger partial charge is 0.354 e. The predicted octanol–water partition coefficient (Wildman–Crippen LogP) is 2.34. The third kappa shape index (κ3) is 4.35. The highest BCUT2D eigenvalue weighted by molar-refractivity contribution is 5.79. The van der Waals surface area contributed by atoms with Crippen LogP contribution in [0.5, 0.6) is 0 Å². The van der Waals surface area contributed by atoms with Crippen LogP contribution in [0.15, 0.2) is 48.8 Å². The zero-order valence-corrected chi connectivity index (χ0v) is 14.2. The lowest BCUT2D eigenvalue weighted by Crippen LogP contribution is -2.42. The van der Waals surface area contributed by atoms with E-state index >= 15 is 0 Å². The maximum atomic E-state index is 12.4. The van der Waals surface area contributed by atoms with Gasteiger partial charge in [0.25, 0.3) is 0 Å². The summed E-state index contributed by atoms with van der Waals surface area (Å²) in [5, 5.41) is 5.78. The van der Waals surface area contributed by atoms with Gasteiger partial charge in [-0.2, -0.15) is 0 Å². The van der Waals surface area contributed by atoms with Gasteiger partial charge >= 0.3 is 6.03 Å². The topological polar surface area (TPSA) is 74.3 Å². The summed E-state index contributed by atoms with van der Waals surface area (Å²) in [5.41, 5.74) is 3.26. The van der Waals surface area contributed by atoms with Crippen molar-refractivity contribution in [1.82, 2.24) is 20.5 Å². The number of benzene rings is 1. The van der Waals surface area contributed by atoms with Crippen molar-refractivity contribution in [3.8, 4) is 11.1 Å². The molecule has 0 bridgehead atoms. The van der Waals surface area contributed by atoms with Gasteiger partial charge in [0.15, 0.2) is 0 Å². The van der Waals surface area contributed by atoms with E-state index in [4.69, 9.17) is 0 Å². The summed E-state index contributed by atoms with van der Waals surface area (Å²) >= 11 is 0. The minimum absolute atomic E-state index is 0.00458. The number of urea groups is 1. The van der Waals surface area contributed by atoms with Crippen molar-refractivity contribution in [3.05, 3.63) is 54.4 Å². The number of amides is 3. The summed E-state index contributed by atoms with van der Waals surface area (Å²) in [6.45, 7) is 3.44. The van der Waals surface area contributed by atoms with Gasteiger partial charge < -0.3 is 15.5 Å². The van der Waals surface area contributed by atoms with Crippen LogP contribution in [0.25, 0.3) is 11.1 Å². The predicted molar refractivity (Wildman–Crippen MR) is 95.8 cm³/mol. The van der Waals surface area contributed by atoms with E-state index in [1.165, 1.54) is 0 Å². The normalized spacial score (nSPS) is 15.9. The van der Waals surface area contributed by atoms with Crippen molar-refractivity contribution in [3.63, 3.8) is 0 Å². The molecule has 1 aliphatic heterocycles. The van der Waals surface area contributed by atoms with Gasteiger partial charge in [-0.3, -0.25) is 9.78 Å². The summed E-state index contributed by atoms with van der Waals surface area (Å²) in [6.07, 6.45) is 3.89. The molecule has 6 nitrogen and oxygen atoms in total. The molecule has 1 atom stereocenters. The van der Waals surface area contributed by atoms with E-state index in [2.05, 4.69) is 15.6 Å². The fourth-order valence-corrected chi connectivity index (χ4v) is 2.84. The molecule has 0 saturated carbocycles. The monoisotopic (exact) mass is 338 g/mol. The first-order valence-corrected chi connectivity index (χ1v) is 8.46. The van der Waals surface area contributed by atoms with E-state index in [-0.39, 0.29) is 18.0 Å². The lowest BCUT2D eigenvalue weighted by Gasteiger charge is -2.23. The molecule has 2 aromatic rings. The molecule has 1 saturated heterocycles. The van der Waals surface area contributed by atoms with Crippen LogP contribution in [0.3, 0.4) is 0 Å². The minimum Gasteiger partial charge on any atom is -0.354 e. The number of pyridine rings is 1. The first-order chi connectivity index (χ1) is 12.1. The molecular formula is C19H22N4O2. The molecule has 1 unspecified atom stereocenters. The molecule has 3 rings (SSSR count). The van der Waals surface area contributed by atoms with Crippen molar-refractivity contribution in [1.29, 1.82) is 0 Å². The summed E-state index contributed by atoms with van der Waals surface area (Å²) < 4.78 is 0. The number of hydrogen-bond donors (Lipinski definition) is 2.